The minimum Gasteiger partial charge on any atom is -0.478 e. The number of nitrogens with zero attached hydrogens (tertiary/aromatic N) is 1. The number of carboxylic acids is 1. The first kappa shape index (κ1) is 13.0. The molecular weight excluding hydrogens is 247 g/mol. The summed E-state index contributed by atoms with van der Waals surface area (Å²) < 4.78 is 13.5. The SMILES string of the molecule is Cc1cc(Nc2ccc(C)c(F)c2)c(C(=O)O)cn1. The zero-order valence-corrected chi connectivity index (χ0v) is 10.6. The number of hydrogen-bond acceptors (Lipinski definition) is 3. The van der Waals surface area contributed by atoms with Crippen LogP contribution in [0.25, 0.3) is 0 Å². The van der Waals surface area contributed by atoms with Gasteiger partial charge in [-0.3, -0.25) is 4.98 Å². The fourth-order valence-electron chi connectivity index (χ4n) is 1.66. The maximum Gasteiger partial charge on any atom is 0.339 e. The van der Waals surface area contributed by atoms with E-state index < -0.39 is 5.97 Å². The maximum absolute atomic E-state index is 13.5. The number of aryl methyl sites for hydroxylation is 2. The fraction of sp³-hybridized carbons (Fsp3) is 0.143. The molecule has 98 valence electrons. The summed E-state index contributed by atoms with van der Waals surface area (Å²) in [6, 6.07) is 6.27. The van der Waals surface area contributed by atoms with Crippen LogP contribution in [0.5, 0.6) is 0 Å². The van der Waals surface area contributed by atoms with Crippen molar-refractivity contribution in [1.82, 2.24) is 4.98 Å². The van der Waals surface area contributed by atoms with Crippen molar-refractivity contribution in [2.45, 2.75) is 13.8 Å². The Kier molecular flexibility index (Phi) is 3.46. The summed E-state index contributed by atoms with van der Waals surface area (Å²) in [6.07, 6.45) is 1.28. The van der Waals surface area contributed by atoms with Crippen molar-refractivity contribution in [3.05, 3.63) is 53.1 Å². The molecule has 0 unspecified atom stereocenters. The first-order valence-corrected chi connectivity index (χ1v) is 5.70. The summed E-state index contributed by atoms with van der Waals surface area (Å²) >= 11 is 0. The number of pyridine rings is 1. The van der Waals surface area contributed by atoms with Gasteiger partial charge in [0.2, 0.25) is 0 Å². The number of benzene rings is 1. The Morgan fingerprint density at radius 2 is 2.05 bits per heavy atom. The van der Waals surface area contributed by atoms with Gasteiger partial charge in [0.1, 0.15) is 11.4 Å². The second-order valence-corrected chi connectivity index (χ2v) is 4.27. The van der Waals surface area contributed by atoms with E-state index in [9.17, 15) is 9.18 Å². The Morgan fingerprint density at radius 3 is 2.68 bits per heavy atom. The molecule has 0 fully saturated rings. The normalized spacial score (nSPS) is 10.3. The number of aromatic carboxylic acids is 1. The van der Waals surface area contributed by atoms with Gasteiger partial charge in [-0.15, -0.1) is 0 Å². The van der Waals surface area contributed by atoms with Crippen LogP contribution in [0, 0.1) is 19.7 Å². The molecule has 0 aliphatic rings. The number of carboxylic acid groups (broad SMARTS) is 1. The molecule has 2 rings (SSSR count). The van der Waals surface area contributed by atoms with Crippen LogP contribution in [-0.2, 0) is 0 Å². The van der Waals surface area contributed by atoms with E-state index in [1.807, 2.05) is 0 Å². The van der Waals surface area contributed by atoms with E-state index >= 15 is 0 Å². The minimum atomic E-state index is -1.08. The molecule has 0 saturated carbocycles. The van der Waals surface area contributed by atoms with E-state index in [4.69, 9.17) is 5.11 Å². The van der Waals surface area contributed by atoms with Crippen LogP contribution < -0.4 is 5.32 Å². The number of hydrogen-bond donors (Lipinski definition) is 2. The summed E-state index contributed by atoms with van der Waals surface area (Å²) in [6.45, 7) is 3.42. The summed E-state index contributed by atoms with van der Waals surface area (Å²) in [7, 11) is 0. The van der Waals surface area contributed by atoms with E-state index in [-0.39, 0.29) is 11.4 Å². The molecule has 19 heavy (non-hydrogen) atoms. The number of carbonyl (C=O) groups is 1. The van der Waals surface area contributed by atoms with Gasteiger partial charge >= 0.3 is 5.97 Å². The highest BCUT2D eigenvalue weighted by molar-refractivity contribution is 5.94. The van der Waals surface area contributed by atoms with Gasteiger partial charge in [0.15, 0.2) is 0 Å². The van der Waals surface area contributed by atoms with Gasteiger partial charge in [-0.1, -0.05) is 6.07 Å². The molecule has 2 N–H and O–H groups in total. The van der Waals surface area contributed by atoms with Crippen LogP contribution in [0.3, 0.4) is 0 Å². The molecule has 0 bridgehead atoms. The quantitative estimate of drug-likeness (QED) is 0.889. The van der Waals surface area contributed by atoms with Crippen LogP contribution >= 0.6 is 0 Å². The Hall–Kier alpha value is -2.43. The summed E-state index contributed by atoms with van der Waals surface area (Å²) in [5.74, 6) is -1.42. The molecule has 1 aromatic heterocycles. The molecular formula is C14H13FN2O2. The first-order chi connectivity index (χ1) is 8.97. The molecule has 0 radical (unpaired) electrons. The number of nitrogens with one attached hydrogen (secondary N) is 1. The third-order valence-electron chi connectivity index (χ3n) is 2.72. The highest BCUT2D eigenvalue weighted by Gasteiger charge is 2.11. The average molecular weight is 260 g/mol. The Labute approximate surface area is 109 Å². The van der Waals surface area contributed by atoms with Crippen LogP contribution in [0.2, 0.25) is 0 Å². The second kappa shape index (κ2) is 5.06. The standard InChI is InChI=1S/C14H13FN2O2/c1-8-3-4-10(6-12(8)15)17-13-5-9(2)16-7-11(13)14(18)19/h3-7H,1-2H3,(H,16,17)(H,18,19). The van der Waals surface area contributed by atoms with Crippen molar-refractivity contribution in [1.29, 1.82) is 0 Å². The molecule has 0 saturated heterocycles. The summed E-state index contributed by atoms with van der Waals surface area (Å²) in [4.78, 5) is 15.0. The molecule has 2 aromatic rings. The van der Waals surface area contributed by atoms with Gasteiger partial charge in [-0.25, -0.2) is 9.18 Å². The molecule has 1 aromatic carbocycles. The largest absolute Gasteiger partial charge is 0.478 e. The van der Waals surface area contributed by atoms with E-state index in [0.29, 0.717) is 22.6 Å². The topological polar surface area (TPSA) is 62.2 Å². The monoisotopic (exact) mass is 260 g/mol. The Morgan fingerprint density at radius 1 is 1.32 bits per heavy atom. The van der Waals surface area contributed by atoms with Gasteiger partial charge in [-0.05, 0) is 37.6 Å². The number of aromatic nitrogens is 1. The lowest BCUT2D eigenvalue weighted by atomic mass is 10.1. The molecule has 0 amide bonds. The molecule has 0 atom stereocenters. The highest BCUT2D eigenvalue weighted by Crippen LogP contribution is 2.22. The van der Waals surface area contributed by atoms with Gasteiger partial charge in [0.05, 0.1) is 5.69 Å². The molecule has 0 aliphatic carbocycles. The molecule has 0 aliphatic heterocycles. The molecule has 1 heterocycles. The van der Waals surface area contributed by atoms with Crippen molar-refractivity contribution in [2.24, 2.45) is 0 Å². The van der Waals surface area contributed by atoms with Gasteiger partial charge in [0, 0.05) is 17.6 Å². The third-order valence-corrected chi connectivity index (χ3v) is 2.72. The van der Waals surface area contributed by atoms with Crippen LogP contribution in [-0.4, -0.2) is 16.1 Å². The van der Waals surface area contributed by atoms with Gasteiger partial charge < -0.3 is 10.4 Å². The fourth-order valence-corrected chi connectivity index (χ4v) is 1.66. The summed E-state index contributed by atoms with van der Waals surface area (Å²) in [5, 5.41) is 12.0. The van der Waals surface area contributed by atoms with Crippen LogP contribution in [0.1, 0.15) is 21.6 Å². The second-order valence-electron chi connectivity index (χ2n) is 4.27. The Bertz CT molecular complexity index is 641. The van der Waals surface area contributed by atoms with Crippen LogP contribution in [0.15, 0.2) is 30.5 Å². The Balaban J connectivity index is 2.39. The number of rotatable bonds is 3. The zero-order valence-electron chi connectivity index (χ0n) is 10.6. The average Bonchev–Trinajstić information content (AvgIpc) is 2.33. The minimum absolute atomic E-state index is 0.0478. The lowest BCUT2D eigenvalue weighted by Crippen LogP contribution is -2.04. The predicted molar refractivity (Wildman–Crippen MR) is 70.4 cm³/mol. The van der Waals surface area contributed by atoms with Crippen molar-refractivity contribution >= 4 is 17.3 Å². The van der Waals surface area contributed by atoms with Crippen molar-refractivity contribution in [3.8, 4) is 0 Å². The van der Waals surface area contributed by atoms with E-state index in [0.717, 1.165) is 0 Å². The van der Waals surface area contributed by atoms with Crippen molar-refractivity contribution in [3.63, 3.8) is 0 Å². The van der Waals surface area contributed by atoms with Crippen LogP contribution in [0.4, 0.5) is 15.8 Å². The van der Waals surface area contributed by atoms with Crippen molar-refractivity contribution in [2.75, 3.05) is 5.32 Å². The lowest BCUT2D eigenvalue weighted by molar-refractivity contribution is 0.0697. The highest BCUT2D eigenvalue weighted by atomic mass is 19.1. The maximum atomic E-state index is 13.5. The van der Waals surface area contributed by atoms with Gasteiger partial charge in [0.25, 0.3) is 0 Å². The van der Waals surface area contributed by atoms with E-state index in [1.165, 1.54) is 12.3 Å². The first-order valence-electron chi connectivity index (χ1n) is 5.70. The molecule has 4 nitrogen and oxygen atoms in total. The predicted octanol–water partition coefficient (Wildman–Crippen LogP) is 3.28. The van der Waals surface area contributed by atoms with E-state index in [1.54, 1.807) is 32.0 Å². The van der Waals surface area contributed by atoms with Crippen molar-refractivity contribution < 1.29 is 14.3 Å². The number of anilines is 2. The zero-order chi connectivity index (χ0) is 14.0. The smallest absolute Gasteiger partial charge is 0.339 e. The lowest BCUT2D eigenvalue weighted by Gasteiger charge is -2.10. The summed E-state index contributed by atoms with van der Waals surface area (Å²) in [5.41, 5.74) is 2.15. The molecule has 0 spiro atoms. The van der Waals surface area contributed by atoms with Gasteiger partial charge in [-0.2, -0.15) is 0 Å². The third kappa shape index (κ3) is 2.88. The van der Waals surface area contributed by atoms with E-state index in [2.05, 4.69) is 10.3 Å². The molecule has 5 heteroatoms. The number of halogens is 1.